The molecule has 3 nitrogen and oxygen atoms in total. The quantitative estimate of drug-likeness (QED) is 0.741. The zero-order chi connectivity index (χ0) is 15.7. The van der Waals surface area contributed by atoms with Gasteiger partial charge in [0.1, 0.15) is 5.01 Å². The van der Waals surface area contributed by atoms with E-state index in [1.54, 1.807) is 22.7 Å². The van der Waals surface area contributed by atoms with Gasteiger partial charge in [-0.25, -0.2) is 4.98 Å². The first-order valence-electron chi connectivity index (χ1n) is 7.73. The van der Waals surface area contributed by atoms with Crippen LogP contribution < -0.4 is 5.32 Å². The summed E-state index contributed by atoms with van der Waals surface area (Å²) in [6, 6.07) is 12.6. The van der Waals surface area contributed by atoms with Crippen LogP contribution in [0.2, 0.25) is 0 Å². The molecule has 118 valence electrons. The van der Waals surface area contributed by atoms with Crippen molar-refractivity contribution in [2.24, 2.45) is 0 Å². The molecule has 3 aromatic rings. The fourth-order valence-electron chi connectivity index (χ4n) is 3.25. The molecule has 1 atom stereocenters. The molecule has 2 heterocycles. The van der Waals surface area contributed by atoms with Crippen LogP contribution in [0.25, 0.3) is 9.88 Å². The molecule has 2 aromatic heterocycles. The van der Waals surface area contributed by atoms with Crippen LogP contribution in [0.15, 0.2) is 47.2 Å². The van der Waals surface area contributed by atoms with Gasteiger partial charge in [0, 0.05) is 11.9 Å². The molecule has 4 rings (SSSR count). The van der Waals surface area contributed by atoms with Gasteiger partial charge < -0.3 is 5.11 Å². The van der Waals surface area contributed by atoms with Crippen molar-refractivity contribution < 1.29 is 5.11 Å². The molecule has 0 amide bonds. The van der Waals surface area contributed by atoms with E-state index in [0.717, 1.165) is 23.5 Å². The predicted octanol–water partition coefficient (Wildman–Crippen LogP) is 3.80. The van der Waals surface area contributed by atoms with Crippen LogP contribution in [0.3, 0.4) is 0 Å². The maximum absolute atomic E-state index is 10.0. The van der Waals surface area contributed by atoms with E-state index in [4.69, 9.17) is 4.98 Å². The van der Waals surface area contributed by atoms with E-state index < -0.39 is 0 Å². The number of thiazole rings is 1. The number of nitrogens with one attached hydrogen (secondary N) is 1. The summed E-state index contributed by atoms with van der Waals surface area (Å²) in [5.74, 6) is 0. The third kappa shape index (κ3) is 2.74. The Morgan fingerprint density at radius 1 is 1.17 bits per heavy atom. The number of fused-ring (bicyclic) bond motifs is 1. The normalized spacial score (nSPS) is 19.9. The van der Waals surface area contributed by atoms with Gasteiger partial charge in [-0.05, 0) is 35.4 Å². The van der Waals surface area contributed by atoms with Crippen molar-refractivity contribution in [1.29, 1.82) is 0 Å². The molecule has 0 saturated carbocycles. The lowest BCUT2D eigenvalue weighted by Gasteiger charge is -2.29. The van der Waals surface area contributed by atoms with E-state index in [-0.39, 0.29) is 12.1 Å². The van der Waals surface area contributed by atoms with Crippen LogP contribution in [0.5, 0.6) is 0 Å². The van der Waals surface area contributed by atoms with E-state index in [0.29, 0.717) is 6.54 Å². The minimum absolute atomic E-state index is 0.117. The van der Waals surface area contributed by atoms with Crippen LogP contribution in [-0.4, -0.2) is 16.7 Å². The molecule has 1 unspecified atom stereocenters. The molecule has 0 fully saturated rings. The molecular formula is C18H18N2OS2. The van der Waals surface area contributed by atoms with Gasteiger partial charge in [0.05, 0.1) is 22.7 Å². The first-order chi connectivity index (χ1) is 11.3. The van der Waals surface area contributed by atoms with E-state index in [2.05, 4.69) is 46.4 Å². The topological polar surface area (TPSA) is 45.1 Å². The van der Waals surface area contributed by atoms with Gasteiger partial charge in [-0.1, -0.05) is 30.3 Å². The van der Waals surface area contributed by atoms with Crippen molar-refractivity contribution in [3.63, 3.8) is 0 Å². The smallest absolute Gasteiger partial charge is 0.133 e. The first-order valence-corrected chi connectivity index (χ1v) is 9.49. The Morgan fingerprint density at radius 2 is 2.09 bits per heavy atom. The van der Waals surface area contributed by atoms with E-state index in [1.165, 1.54) is 16.0 Å². The number of aromatic nitrogens is 1. The fraction of sp³-hybridized carbons (Fsp3) is 0.278. The van der Waals surface area contributed by atoms with Gasteiger partial charge in [-0.2, -0.15) is 0 Å². The van der Waals surface area contributed by atoms with Crippen LogP contribution in [-0.2, 0) is 18.5 Å². The molecule has 0 aliphatic heterocycles. The zero-order valence-corrected chi connectivity index (χ0v) is 14.3. The number of hydrogen-bond donors (Lipinski definition) is 2. The average molecular weight is 342 g/mol. The summed E-state index contributed by atoms with van der Waals surface area (Å²) >= 11 is 3.39. The highest BCUT2D eigenvalue weighted by Crippen LogP contribution is 2.37. The highest BCUT2D eigenvalue weighted by atomic mass is 32.1. The zero-order valence-electron chi connectivity index (χ0n) is 12.7. The van der Waals surface area contributed by atoms with Crippen molar-refractivity contribution in [3.05, 3.63) is 64.0 Å². The number of nitrogens with zero attached hydrogens (tertiary/aromatic N) is 1. The summed E-state index contributed by atoms with van der Waals surface area (Å²) in [7, 11) is 0. The average Bonchev–Trinajstić information content (AvgIpc) is 3.32. The second kappa shape index (κ2) is 6.17. The molecule has 1 aromatic carbocycles. The molecule has 2 N–H and O–H groups in total. The van der Waals surface area contributed by atoms with E-state index in [1.807, 2.05) is 6.07 Å². The van der Waals surface area contributed by atoms with Gasteiger partial charge in [-0.15, -0.1) is 22.7 Å². The lowest BCUT2D eigenvalue weighted by atomic mass is 9.92. The largest absolute Gasteiger partial charge is 0.394 e. The Bertz CT molecular complexity index is 797. The number of thiophene rings is 1. The Hall–Kier alpha value is -1.53. The third-order valence-corrected chi connectivity index (χ3v) is 6.45. The first kappa shape index (κ1) is 15.0. The Balaban J connectivity index is 1.52. The van der Waals surface area contributed by atoms with Crippen molar-refractivity contribution >= 4 is 22.7 Å². The molecule has 1 aliphatic rings. The molecule has 0 spiro atoms. The Labute approximate surface area is 143 Å². The number of benzene rings is 1. The van der Waals surface area contributed by atoms with Gasteiger partial charge in [-0.3, -0.25) is 5.32 Å². The van der Waals surface area contributed by atoms with Crippen molar-refractivity contribution in [2.45, 2.75) is 24.9 Å². The van der Waals surface area contributed by atoms with E-state index >= 15 is 0 Å². The number of aryl methyl sites for hydroxylation is 1. The van der Waals surface area contributed by atoms with Crippen LogP contribution in [0.4, 0.5) is 0 Å². The molecule has 23 heavy (non-hydrogen) atoms. The Kier molecular flexibility index (Phi) is 4.03. The summed E-state index contributed by atoms with van der Waals surface area (Å²) in [4.78, 5) is 5.93. The van der Waals surface area contributed by atoms with Crippen LogP contribution >= 0.6 is 22.7 Å². The second-order valence-electron chi connectivity index (χ2n) is 5.87. The fourth-order valence-corrected chi connectivity index (χ4v) is 4.89. The molecular weight excluding hydrogens is 324 g/mol. The minimum Gasteiger partial charge on any atom is -0.394 e. The van der Waals surface area contributed by atoms with Crippen molar-refractivity contribution in [1.82, 2.24) is 10.3 Å². The maximum Gasteiger partial charge on any atom is 0.133 e. The summed E-state index contributed by atoms with van der Waals surface area (Å²) in [6.07, 6.45) is 1.95. The summed E-state index contributed by atoms with van der Waals surface area (Å²) in [5.41, 5.74) is 3.28. The summed E-state index contributed by atoms with van der Waals surface area (Å²) < 4.78 is 0. The minimum atomic E-state index is -0.330. The van der Waals surface area contributed by atoms with Gasteiger partial charge in [0.25, 0.3) is 0 Å². The number of aliphatic hydroxyl groups is 1. The lowest BCUT2D eigenvalue weighted by Crippen LogP contribution is -2.43. The van der Waals surface area contributed by atoms with Gasteiger partial charge in [0.2, 0.25) is 0 Å². The van der Waals surface area contributed by atoms with Gasteiger partial charge in [0.15, 0.2) is 0 Å². The molecule has 0 radical (unpaired) electrons. The monoisotopic (exact) mass is 342 g/mol. The molecule has 1 aliphatic carbocycles. The number of aliphatic hydroxyl groups excluding tert-OH is 1. The van der Waals surface area contributed by atoms with Crippen LogP contribution in [0, 0.1) is 0 Å². The Morgan fingerprint density at radius 3 is 2.91 bits per heavy atom. The SMILES string of the molecule is OCC1(NCc2csc(-c3cccs3)n2)CCc2ccccc21. The van der Waals surface area contributed by atoms with Crippen LogP contribution in [0.1, 0.15) is 23.2 Å². The lowest BCUT2D eigenvalue weighted by molar-refractivity contribution is 0.158. The van der Waals surface area contributed by atoms with Crippen molar-refractivity contribution in [3.8, 4) is 9.88 Å². The summed E-state index contributed by atoms with van der Waals surface area (Å²) in [5, 5.41) is 18.8. The highest BCUT2D eigenvalue weighted by molar-refractivity contribution is 7.20. The maximum atomic E-state index is 10.0. The van der Waals surface area contributed by atoms with Gasteiger partial charge >= 0.3 is 0 Å². The molecule has 5 heteroatoms. The molecule has 0 saturated heterocycles. The number of hydrogen-bond acceptors (Lipinski definition) is 5. The predicted molar refractivity (Wildman–Crippen MR) is 95.8 cm³/mol. The highest BCUT2D eigenvalue weighted by Gasteiger charge is 2.37. The van der Waals surface area contributed by atoms with Crippen molar-refractivity contribution in [2.75, 3.05) is 6.61 Å². The molecule has 0 bridgehead atoms. The van der Waals surface area contributed by atoms with E-state index in [9.17, 15) is 5.11 Å². The number of rotatable bonds is 5. The standard InChI is InChI=1S/C18H18N2OS2/c21-12-18(8-7-13-4-1-2-5-15(13)18)19-10-14-11-23-17(20-14)16-6-3-9-22-16/h1-6,9,11,19,21H,7-8,10,12H2. The second-order valence-corrected chi connectivity index (χ2v) is 7.68. The third-order valence-electron chi connectivity index (χ3n) is 4.52. The summed E-state index contributed by atoms with van der Waals surface area (Å²) in [6.45, 7) is 0.794.